The minimum absolute atomic E-state index is 0.0388. The van der Waals surface area contributed by atoms with Crippen molar-refractivity contribution in [2.24, 2.45) is 0 Å². The molecule has 150 valence electrons. The second-order valence-corrected chi connectivity index (χ2v) is 5.43. The van der Waals surface area contributed by atoms with E-state index < -0.39 is 6.09 Å². The van der Waals surface area contributed by atoms with Crippen LogP contribution >= 0.6 is 11.6 Å². The zero-order valence-corrected chi connectivity index (χ0v) is 17.7. The summed E-state index contributed by atoms with van der Waals surface area (Å²) in [6.07, 6.45) is -0.534. The first kappa shape index (κ1) is 24.6. The molecule has 0 spiro atoms. The summed E-state index contributed by atoms with van der Waals surface area (Å²) in [6, 6.07) is 10.4. The topological polar surface area (TPSA) is 67.8 Å². The molecule has 2 N–H and O–H groups in total. The summed E-state index contributed by atoms with van der Waals surface area (Å²) < 4.78 is 10.1. The predicted octanol–water partition coefficient (Wildman–Crippen LogP) is 5.84. The quantitative estimate of drug-likeness (QED) is 0.667. The van der Waals surface area contributed by atoms with Gasteiger partial charge in [0.05, 0.1) is 7.11 Å². The lowest BCUT2D eigenvalue weighted by Gasteiger charge is -2.09. The van der Waals surface area contributed by atoms with E-state index in [1.54, 1.807) is 12.1 Å². The first-order chi connectivity index (χ1) is 13.0. The summed E-state index contributed by atoms with van der Waals surface area (Å²) in [5.41, 5.74) is 2.59. The van der Waals surface area contributed by atoms with Gasteiger partial charge in [0, 0.05) is 11.6 Å². The van der Waals surface area contributed by atoms with Crippen molar-refractivity contribution in [3.05, 3.63) is 58.1 Å². The van der Waals surface area contributed by atoms with Crippen LogP contribution in [-0.4, -0.2) is 18.3 Å². The highest BCUT2D eigenvalue weighted by molar-refractivity contribution is 6.31. The van der Waals surface area contributed by atoms with Gasteiger partial charge in [0.25, 0.3) is 0 Å². The van der Waals surface area contributed by atoms with Gasteiger partial charge in [-0.25, -0.2) is 4.79 Å². The average molecular weight is 396 g/mol. The van der Waals surface area contributed by atoms with E-state index >= 15 is 0 Å². The molecule has 0 aliphatic rings. The van der Waals surface area contributed by atoms with Crippen molar-refractivity contribution in [3.8, 4) is 11.5 Å². The molecule has 2 rings (SSSR count). The largest absolute Gasteiger partial charge is 0.504 e. The second kappa shape index (κ2) is 13.8. The molecule has 0 aromatic heterocycles. The maximum Gasteiger partial charge on any atom is 0.407 e. The van der Waals surface area contributed by atoms with Crippen LogP contribution in [0.15, 0.2) is 36.4 Å². The van der Waals surface area contributed by atoms with Crippen molar-refractivity contribution in [1.29, 1.82) is 0 Å². The number of methoxy groups -OCH3 is 1. The van der Waals surface area contributed by atoms with Crippen molar-refractivity contribution < 1.29 is 19.4 Å². The zero-order valence-electron chi connectivity index (χ0n) is 16.9. The van der Waals surface area contributed by atoms with Crippen molar-refractivity contribution in [1.82, 2.24) is 5.32 Å². The van der Waals surface area contributed by atoms with Gasteiger partial charge in [-0.05, 0) is 41.8 Å². The lowest BCUT2D eigenvalue weighted by atomic mass is 10.1. The summed E-state index contributed by atoms with van der Waals surface area (Å²) in [4.78, 5) is 11.7. The van der Waals surface area contributed by atoms with E-state index in [0.29, 0.717) is 22.9 Å². The molecule has 6 heteroatoms. The van der Waals surface area contributed by atoms with Crippen LogP contribution in [0.3, 0.4) is 0 Å². The number of phenolic OH excluding ortho intramolecular Hbond substituents is 1. The van der Waals surface area contributed by atoms with Gasteiger partial charge in [-0.2, -0.15) is 0 Å². The van der Waals surface area contributed by atoms with Crippen LogP contribution in [0.2, 0.25) is 5.02 Å². The molecule has 5 nitrogen and oxygen atoms in total. The summed E-state index contributed by atoms with van der Waals surface area (Å²) in [7, 11) is 1.46. The van der Waals surface area contributed by atoms with E-state index in [0.717, 1.165) is 11.1 Å². The molecule has 0 bridgehead atoms. The minimum atomic E-state index is -0.534. The van der Waals surface area contributed by atoms with Gasteiger partial charge in [0.15, 0.2) is 11.5 Å². The fraction of sp³-hybridized carbons (Fsp3) is 0.381. The molecular formula is C21H30ClNO4. The molecule has 0 radical (unpaired) electrons. The summed E-state index contributed by atoms with van der Waals surface area (Å²) in [5.74, 6) is 0.373. The number of benzene rings is 2. The maximum absolute atomic E-state index is 11.7. The Bertz CT molecular complexity index is 705. The van der Waals surface area contributed by atoms with E-state index in [1.807, 2.05) is 52.8 Å². The lowest BCUT2D eigenvalue weighted by Crippen LogP contribution is -2.23. The van der Waals surface area contributed by atoms with Gasteiger partial charge in [-0.1, -0.05) is 57.5 Å². The first-order valence-electron chi connectivity index (χ1n) is 9.01. The number of carbonyl (C=O) groups is 1. The van der Waals surface area contributed by atoms with E-state index in [2.05, 4.69) is 5.32 Å². The molecule has 0 fully saturated rings. The van der Waals surface area contributed by atoms with E-state index in [-0.39, 0.29) is 12.4 Å². The summed E-state index contributed by atoms with van der Waals surface area (Å²) in [6.45, 7) is 10.3. The van der Waals surface area contributed by atoms with E-state index in [1.165, 1.54) is 13.2 Å². The number of hydrogen-bond donors (Lipinski definition) is 2. The van der Waals surface area contributed by atoms with E-state index in [9.17, 15) is 9.90 Å². The number of carbonyl (C=O) groups excluding carboxylic acids is 1. The number of aromatic hydroxyl groups is 1. The van der Waals surface area contributed by atoms with Crippen molar-refractivity contribution in [2.75, 3.05) is 7.11 Å². The fourth-order valence-corrected chi connectivity index (χ4v) is 2.14. The zero-order chi connectivity index (χ0) is 20.8. The van der Waals surface area contributed by atoms with Gasteiger partial charge < -0.3 is 19.9 Å². The van der Waals surface area contributed by atoms with E-state index in [4.69, 9.17) is 21.1 Å². The third-order valence-corrected chi connectivity index (χ3v) is 3.69. The number of rotatable bonds is 5. The fourth-order valence-electron chi connectivity index (χ4n) is 1.93. The molecule has 0 heterocycles. The van der Waals surface area contributed by atoms with Crippen LogP contribution in [0.1, 0.15) is 44.4 Å². The third kappa shape index (κ3) is 8.69. The Labute approximate surface area is 167 Å². The van der Waals surface area contributed by atoms with Gasteiger partial charge in [-0.15, -0.1) is 0 Å². The molecule has 1 amide bonds. The number of aryl methyl sites for hydroxylation is 1. The van der Waals surface area contributed by atoms with Crippen LogP contribution in [0.25, 0.3) is 0 Å². The molecule has 0 saturated carbocycles. The lowest BCUT2D eigenvalue weighted by molar-refractivity contribution is 0.139. The highest BCUT2D eigenvalue weighted by atomic mass is 35.5. The minimum Gasteiger partial charge on any atom is -0.504 e. The monoisotopic (exact) mass is 395 g/mol. The summed E-state index contributed by atoms with van der Waals surface area (Å²) in [5, 5.41) is 12.8. The van der Waals surface area contributed by atoms with Crippen molar-refractivity contribution in [3.63, 3.8) is 0 Å². The Morgan fingerprint density at radius 1 is 1.07 bits per heavy atom. The molecule has 27 heavy (non-hydrogen) atoms. The third-order valence-electron chi connectivity index (χ3n) is 3.29. The predicted molar refractivity (Wildman–Crippen MR) is 111 cm³/mol. The smallest absolute Gasteiger partial charge is 0.407 e. The molecule has 0 aliphatic carbocycles. The molecule has 0 aliphatic heterocycles. The van der Waals surface area contributed by atoms with Gasteiger partial charge in [0.1, 0.15) is 6.61 Å². The highest BCUT2D eigenvalue weighted by Gasteiger charge is 2.07. The van der Waals surface area contributed by atoms with Crippen LogP contribution in [0, 0.1) is 6.92 Å². The first-order valence-corrected chi connectivity index (χ1v) is 9.39. The molecule has 2 aromatic rings. The van der Waals surface area contributed by atoms with Gasteiger partial charge >= 0.3 is 6.09 Å². The average Bonchev–Trinajstić information content (AvgIpc) is 2.71. The molecule has 0 saturated heterocycles. The van der Waals surface area contributed by atoms with Crippen LogP contribution in [-0.2, 0) is 17.9 Å². The SMILES string of the molecule is CC.CC.COc1cc(COC(=O)NCc2ccc(C)c(Cl)c2)ccc1O. The standard InChI is InChI=1S/C17H18ClNO4.2C2H6/c1-11-3-4-12(7-14(11)18)9-19-17(21)23-10-13-5-6-15(20)16(8-13)22-2;2*1-2/h3-8,20H,9-10H2,1-2H3,(H,19,21);2*1-2H3. The number of alkyl carbamates (subject to hydrolysis) is 1. The van der Waals surface area contributed by atoms with Crippen LogP contribution in [0.4, 0.5) is 4.79 Å². The molecule has 2 aromatic carbocycles. The molecule has 0 atom stereocenters. The number of phenols is 1. The van der Waals surface area contributed by atoms with Crippen molar-refractivity contribution in [2.45, 2.75) is 47.8 Å². The summed E-state index contributed by atoms with van der Waals surface area (Å²) >= 11 is 6.04. The molecule has 0 unspecified atom stereocenters. The van der Waals surface area contributed by atoms with Gasteiger partial charge in [0.2, 0.25) is 0 Å². The normalized spacial score (nSPS) is 9.15. The van der Waals surface area contributed by atoms with Gasteiger partial charge in [-0.3, -0.25) is 0 Å². The van der Waals surface area contributed by atoms with Crippen LogP contribution < -0.4 is 10.1 Å². The number of halogens is 1. The number of amides is 1. The number of nitrogens with one attached hydrogen (secondary N) is 1. The Hall–Kier alpha value is -2.40. The Kier molecular flexibility index (Phi) is 12.5. The Balaban J connectivity index is 0.00000158. The highest BCUT2D eigenvalue weighted by Crippen LogP contribution is 2.26. The second-order valence-electron chi connectivity index (χ2n) is 5.02. The maximum atomic E-state index is 11.7. The van der Waals surface area contributed by atoms with Crippen molar-refractivity contribution >= 4 is 17.7 Å². The van der Waals surface area contributed by atoms with Crippen LogP contribution in [0.5, 0.6) is 11.5 Å². The number of hydrogen-bond acceptors (Lipinski definition) is 4. The Morgan fingerprint density at radius 2 is 1.70 bits per heavy atom. The number of ether oxygens (including phenoxy) is 2. The Morgan fingerprint density at radius 3 is 2.30 bits per heavy atom. The molecular weight excluding hydrogens is 366 g/mol.